The number of hydrogen-bond donors (Lipinski definition) is 0. The van der Waals surface area contributed by atoms with Crippen molar-refractivity contribution in [2.75, 3.05) is 19.6 Å². The maximum absolute atomic E-state index is 7.11. The summed E-state index contributed by atoms with van der Waals surface area (Å²) in [6.07, 6.45) is 11.7. The first-order valence-electron chi connectivity index (χ1n) is 31.2. The Labute approximate surface area is 490 Å². The molecular formula is C77H73BN4O. The molecule has 0 amide bonds. The molecule has 5 heterocycles. The van der Waals surface area contributed by atoms with Crippen molar-refractivity contribution in [1.82, 2.24) is 0 Å². The molecule has 0 saturated heterocycles. The lowest BCUT2D eigenvalue weighted by molar-refractivity contribution is 0.195. The molecule has 10 aromatic rings. The average molecular weight is 1080 g/mol. The van der Waals surface area contributed by atoms with E-state index in [9.17, 15) is 0 Å². The molecule has 3 aliphatic carbocycles. The van der Waals surface area contributed by atoms with Crippen LogP contribution in [0.3, 0.4) is 0 Å². The van der Waals surface area contributed by atoms with E-state index >= 15 is 0 Å². The van der Waals surface area contributed by atoms with Gasteiger partial charge in [0.05, 0.1) is 16.8 Å². The lowest BCUT2D eigenvalue weighted by Gasteiger charge is -2.51. The standard InChI is InChI=1S/C77H73BN4O/c1-48-42-68-71-69(43-48)80(65-26-19-23-57-56-22-11-14-27-70(56)83-72(57)65)67-47-54(82-64-37-31-51(73(2,3)4)44-60(64)75(6)39-16-18-41-77(75,82)8)34-36-62(67)78(71)61-35-33-53(81-63-25-13-12-24-59(63)74(5)38-15-17-40-76(74,81)7)46-66(61)79(68)52-32-30-50-29-28-49-20-9-10-21-55(49)58(50)45-52/h9-14,19-27,30-37,42-47H,15-18,28-29,38-41H2,1-8H3. The van der Waals surface area contributed by atoms with Gasteiger partial charge >= 0.3 is 0 Å². The van der Waals surface area contributed by atoms with E-state index < -0.39 is 0 Å². The van der Waals surface area contributed by atoms with Gasteiger partial charge in [-0.05, 0) is 198 Å². The summed E-state index contributed by atoms with van der Waals surface area (Å²) in [6, 6.07) is 68.9. The van der Waals surface area contributed by atoms with Crippen molar-refractivity contribution in [2.45, 2.75) is 147 Å². The van der Waals surface area contributed by atoms with E-state index in [-0.39, 0.29) is 34.0 Å². The van der Waals surface area contributed by atoms with Gasteiger partial charge in [0, 0.05) is 72.8 Å². The predicted molar refractivity (Wildman–Crippen MR) is 350 cm³/mol. The highest BCUT2D eigenvalue weighted by Gasteiger charge is 2.60. The number of anilines is 10. The molecule has 1 aromatic heterocycles. The lowest BCUT2D eigenvalue weighted by atomic mass is 9.33. The maximum atomic E-state index is 7.11. The minimum Gasteiger partial charge on any atom is -0.454 e. The van der Waals surface area contributed by atoms with E-state index in [4.69, 9.17) is 4.42 Å². The highest BCUT2D eigenvalue weighted by molar-refractivity contribution is 7.00. The number of hydrogen-bond acceptors (Lipinski definition) is 5. The van der Waals surface area contributed by atoms with Crippen LogP contribution in [0.25, 0.3) is 33.1 Å². The van der Waals surface area contributed by atoms with Crippen molar-refractivity contribution in [1.29, 1.82) is 0 Å². The fourth-order valence-electron chi connectivity index (χ4n) is 18.0. The van der Waals surface area contributed by atoms with Gasteiger partial charge in [-0.3, -0.25) is 0 Å². The lowest BCUT2D eigenvalue weighted by Crippen LogP contribution is -2.61. The number of nitrogens with zero attached hydrogens (tertiary/aromatic N) is 4. The average Bonchev–Trinajstić information content (AvgIpc) is 2.32. The quantitative estimate of drug-likeness (QED) is 0.164. The molecule has 410 valence electrons. The maximum Gasteiger partial charge on any atom is 0.252 e. The summed E-state index contributed by atoms with van der Waals surface area (Å²) in [5, 5.41) is 2.27. The molecule has 83 heavy (non-hydrogen) atoms. The van der Waals surface area contributed by atoms with Crippen molar-refractivity contribution in [3.05, 3.63) is 209 Å². The van der Waals surface area contributed by atoms with E-state index in [1.807, 2.05) is 0 Å². The van der Waals surface area contributed by atoms with Gasteiger partial charge in [0.2, 0.25) is 0 Å². The first-order chi connectivity index (χ1) is 40.2. The third-order valence-corrected chi connectivity index (χ3v) is 22.6. The second kappa shape index (κ2) is 17.1. The molecule has 9 aromatic carbocycles. The molecule has 4 aliphatic heterocycles. The van der Waals surface area contributed by atoms with Crippen molar-refractivity contribution >= 4 is 102 Å². The molecule has 0 radical (unpaired) electrons. The van der Waals surface area contributed by atoms with Crippen molar-refractivity contribution in [3.63, 3.8) is 0 Å². The predicted octanol–water partition coefficient (Wildman–Crippen LogP) is 18.5. The number of benzene rings is 9. The highest BCUT2D eigenvalue weighted by Crippen LogP contribution is 2.63. The number of fused-ring (bicyclic) bond motifs is 16. The minimum atomic E-state index is -0.124. The topological polar surface area (TPSA) is 26.1 Å². The van der Waals surface area contributed by atoms with Crippen LogP contribution in [0.5, 0.6) is 0 Å². The van der Waals surface area contributed by atoms with Crippen LogP contribution in [0, 0.1) is 6.92 Å². The highest BCUT2D eigenvalue weighted by atomic mass is 16.3. The first kappa shape index (κ1) is 49.6. The van der Waals surface area contributed by atoms with E-state index in [1.165, 1.54) is 151 Å². The molecule has 2 saturated carbocycles. The van der Waals surface area contributed by atoms with E-state index in [0.717, 1.165) is 53.3 Å². The molecule has 0 N–H and O–H groups in total. The van der Waals surface area contributed by atoms with Crippen molar-refractivity contribution in [3.8, 4) is 11.1 Å². The van der Waals surface area contributed by atoms with Gasteiger partial charge in [0.1, 0.15) is 5.58 Å². The second-order valence-electron chi connectivity index (χ2n) is 27.9. The summed E-state index contributed by atoms with van der Waals surface area (Å²) in [7, 11) is 0. The monoisotopic (exact) mass is 1080 g/mol. The summed E-state index contributed by atoms with van der Waals surface area (Å²) in [4.78, 5) is 10.8. The number of rotatable bonds is 4. The number of furan rings is 1. The van der Waals surface area contributed by atoms with Crippen LogP contribution in [-0.2, 0) is 29.1 Å². The third kappa shape index (κ3) is 6.56. The zero-order valence-corrected chi connectivity index (χ0v) is 49.6. The van der Waals surface area contributed by atoms with Crippen LogP contribution in [-0.4, -0.2) is 17.8 Å². The van der Waals surface area contributed by atoms with Gasteiger partial charge in [0.25, 0.3) is 6.71 Å². The molecule has 5 nitrogen and oxygen atoms in total. The van der Waals surface area contributed by atoms with Gasteiger partial charge in [-0.1, -0.05) is 163 Å². The van der Waals surface area contributed by atoms with E-state index in [1.54, 1.807) is 0 Å². The van der Waals surface area contributed by atoms with Gasteiger partial charge in [-0.15, -0.1) is 0 Å². The summed E-state index contributed by atoms with van der Waals surface area (Å²) < 4.78 is 7.11. The Balaban J connectivity index is 0.941. The molecule has 0 spiro atoms. The Bertz CT molecular complexity index is 4430. The third-order valence-electron chi connectivity index (χ3n) is 22.6. The second-order valence-corrected chi connectivity index (χ2v) is 27.9. The molecule has 0 bridgehead atoms. The summed E-state index contributed by atoms with van der Waals surface area (Å²) in [5.41, 5.74) is 29.2. The smallest absolute Gasteiger partial charge is 0.252 e. The first-order valence-corrected chi connectivity index (χ1v) is 31.2. The molecule has 4 unspecified atom stereocenters. The molecule has 7 aliphatic rings. The van der Waals surface area contributed by atoms with Gasteiger partial charge in [-0.2, -0.15) is 0 Å². The number of para-hydroxylation sites is 3. The Morgan fingerprint density at radius 2 is 1.02 bits per heavy atom. The van der Waals surface area contributed by atoms with Crippen LogP contribution in [0.2, 0.25) is 0 Å². The van der Waals surface area contributed by atoms with Crippen LogP contribution >= 0.6 is 0 Å². The molecule has 17 rings (SSSR count). The van der Waals surface area contributed by atoms with Gasteiger partial charge in [0.15, 0.2) is 5.58 Å². The van der Waals surface area contributed by atoms with E-state index in [2.05, 4.69) is 251 Å². The van der Waals surface area contributed by atoms with Crippen LogP contribution in [0.4, 0.5) is 56.9 Å². The Kier molecular flexibility index (Phi) is 10.2. The van der Waals surface area contributed by atoms with E-state index in [0.29, 0.717) is 0 Å². The molecule has 6 heteroatoms. The fraction of sp³-hybridized carbons (Fsp3) is 0.299. The van der Waals surface area contributed by atoms with Gasteiger partial charge < -0.3 is 24.0 Å². The summed E-state index contributed by atoms with van der Waals surface area (Å²) in [5.74, 6) is 0. The minimum absolute atomic E-state index is 0.0137. The van der Waals surface area contributed by atoms with Crippen molar-refractivity contribution < 1.29 is 4.42 Å². The zero-order valence-electron chi connectivity index (χ0n) is 49.6. The molecule has 2 fully saturated rings. The fourth-order valence-corrected chi connectivity index (χ4v) is 18.0. The largest absolute Gasteiger partial charge is 0.454 e. The van der Waals surface area contributed by atoms with Crippen molar-refractivity contribution in [2.24, 2.45) is 0 Å². The Morgan fingerprint density at radius 1 is 0.446 bits per heavy atom. The molecule has 4 atom stereocenters. The van der Waals surface area contributed by atoms with Crippen LogP contribution < -0.4 is 36.0 Å². The summed E-state index contributed by atoms with van der Waals surface area (Å²) in [6.45, 7) is 19.6. The molecular weight excluding hydrogens is 1010 g/mol. The number of aryl methyl sites for hydroxylation is 3. The van der Waals surface area contributed by atoms with Gasteiger partial charge in [-0.25, -0.2) is 0 Å². The normalized spacial score (nSPS) is 23.5. The van der Waals surface area contributed by atoms with Crippen LogP contribution in [0.1, 0.15) is 133 Å². The Hall–Kier alpha value is -7.96. The Morgan fingerprint density at radius 3 is 1.76 bits per heavy atom. The SMILES string of the molecule is Cc1cc2c3c(c1)N(c1cccc4c1oc1ccccc14)c1cc(N4c5ccc(C(C)(C)C)cc5C5(C)CCCCC45C)ccc1B3c1ccc(N3c4ccccc4C4(C)CCCCC34C)cc1N2c1ccc2c(c1)-c1ccccc1CC2. The summed E-state index contributed by atoms with van der Waals surface area (Å²) >= 11 is 0. The van der Waals surface area contributed by atoms with Crippen LogP contribution in [0.15, 0.2) is 180 Å². The zero-order chi connectivity index (χ0) is 56.1.